The predicted octanol–water partition coefficient (Wildman–Crippen LogP) is 4.76. The van der Waals surface area contributed by atoms with Gasteiger partial charge in [0.15, 0.2) is 0 Å². The molecule has 0 bridgehead atoms. The van der Waals surface area contributed by atoms with Crippen molar-refractivity contribution in [3.8, 4) is 5.88 Å². The molecule has 3 aliphatic rings. The van der Waals surface area contributed by atoms with Crippen LogP contribution >= 0.6 is 0 Å². The number of likely N-dealkylation sites (tertiary alicyclic amines) is 1. The number of amides is 1. The Hall–Kier alpha value is -3.38. The van der Waals surface area contributed by atoms with E-state index >= 15 is 0 Å². The zero-order valence-electron chi connectivity index (χ0n) is 24.3. The molecule has 1 amide bonds. The summed E-state index contributed by atoms with van der Waals surface area (Å²) in [5.41, 5.74) is 1.56. The lowest BCUT2D eigenvalue weighted by molar-refractivity contribution is -0.00133. The van der Waals surface area contributed by atoms with E-state index in [-0.39, 0.29) is 18.2 Å². The predicted molar refractivity (Wildman–Crippen MR) is 152 cm³/mol. The van der Waals surface area contributed by atoms with Gasteiger partial charge in [0.05, 0.1) is 37.4 Å². The smallest absolute Gasteiger partial charge is 0.410 e. The third-order valence-electron chi connectivity index (χ3n) is 8.10. The van der Waals surface area contributed by atoms with Gasteiger partial charge in [-0.15, -0.1) is 0 Å². The van der Waals surface area contributed by atoms with Gasteiger partial charge < -0.3 is 28.8 Å². The van der Waals surface area contributed by atoms with Crippen LogP contribution in [0.4, 0.5) is 16.4 Å². The summed E-state index contributed by atoms with van der Waals surface area (Å²) in [5, 5.41) is 7.88. The van der Waals surface area contributed by atoms with Crippen LogP contribution in [0.1, 0.15) is 65.3 Å². The van der Waals surface area contributed by atoms with Crippen LogP contribution in [0.3, 0.4) is 0 Å². The lowest BCUT2D eigenvalue weighted by Crippen LogP contribution is -2.46. The fourth-order valence-corrected chi connectivity index (χ4v) is 5.97. The number of morpholine rings is 1. The molecule has 6 rings (SSSR count). The molecule has 1 saturated carbocycles. The van der Waals surface area contributed by atoms with Gasteiger partial charge in [0.25, 0.3) is 5.88 Å². The Morgan fingerprint density at radius 1 is 1.00 bits per heavy atom. The number of carbonyl (C=O) groups excluding carboxylic acids is 1. The second-order valence-electron chi connectivity index (χ2n) is 12.2. The first kappa shape index (κ1) is 27.8. The van der Waals surface area contributed by atoms with Gasteiger partial charge in [0, 0.05) is 44.5 Å². The molecule has 12 nitrogen and oxygen atoms in total. The van der Waals surface area contributed by atoms with E-state index in [0.717, 1.165) is 70.5 Å². The highest BCUT2D eigenvalue weighted by molar-refractivity contribution is 5.79. The number of carbonyl (C=O) groups is 1. The molecular weight excluding hydrogens is 526 g/mol. The fraction of sp³-hybridized carbons (Fsp3) is 0.655. The highest BCUT2D eigenvalue weighted by Crippen LogP contribution is 2.32. The second kappa shape index (κ2) is 11.8. The van der Waals surface area contributed by atoms with Gasteiger partial charge in [0.1, 0.15) is 17.2 Å². The van der Waals surface area contributed by atoms with E-state index in [9.17, 15) is 4.79 Å². The quantitative estimate of drug-likeness (QED) is 0.446. The molecule has 3 fully saturated rings. The van der Waals surface area contributed by atoms with E-state index in [4.69, 9.17) is 23.6 Å². The van der Waals surface area contributed by atoms with E-state index in [1.807, 2.05) is 37.7 Å². The number of nitrogens with one attached hydrogen (secondary N) is 1. The van der Waals surface area contributed by atoms with E-state index in [1.165, 1.54) is 0 Å². The largest absolute Gasteiger partial charge is 0.472 e. The van der Waals surface area contributed by atoms with Gasteiger partial charge in [-0.3, -0.25) is 9.58 Å². The summed E-state index contributed by atoms with van der Waals surface area (Å²) in [6.45, 7) is 10.6. The molecule has 3 aromatic rings. The second-order valence-corrected chi connectivity index (χ2v) is 12.2. The Labute approximate surface area is 240 Å². The maximum Gasteiger partial charge on any atom is 0.410 e. The van der Waals surface area contributed by atoms with Crippen molar-refractivity contribution in [3.63, 3.8) is 0 Å². The minimum atomic E-state index is -0.495. The molecule has 0 spiro atoms. The Kier molecular flexibility index (Phi) is 8.03. The number of hydrogen-bond acceptors (Lipinski definition) is 10. The average molecular weight is 568 g/mol. The molecule has 41 heavy (non-hydrogen) atoms. The number of nitrogens with zero attached hydrogens (tertiary/aromatic N) is 6. The standard InChI is InChI=1S/C29H41N7O5/c1-29(2,3)41-28(37)35-11-8-22(9-12-35)36-19-20(18-30-36)31-27-32-24-10-15-39-25(24)26(33-27)40-23-6-4-21(5-7-23)34-13-16-38-17-14-34/h10,15,18-19,21-23H,4-9,11-14,16-17H2,1-3H3,(H,31,32,33). The van der Waals surface area contributed by atoms with Crippen LogP contribution in [0.15, 0.2) is 29.1 Å². The van der Waals surface area contributed by atoms with Crippen molar-refractivity contribution in [1.82, 2.24) is 29.5 Å². The number of aromatic nitrogens is 4. The molecule has 2 saturated heterocycles. The summed E-state index contributed by atoms with van der Waals surface area (Å²) in [7, 11) is 0. The lowest BCUT2D eigenvalue weighted by atomic mass is 9.91. The Morgan fingerprint density at radius 2 is 1.76 bits per heavy atom. The van der Waals surface area contributed by atoms with Crippen molar-refractivity contribution in [3.05, 3.63) is 24.7 Å². The molecular formula is C29H41N7O5. The highest BCUT2D eigenvalue weighted by Gasteiger charge is 2.30. The molecule has 222 valence electrons. The number of furan rings is 1. The van der Waals surface area contributed by atoms with Crippen molar-refractivity contribution in [1.29, 1.82) is 0 Å². The summed E-state index contributed by atoms with van der Waals surface area (Å²) >= 11 is 0. The molecule has 0 aromatic carbocycles. The lowest BCUT2D eigenvalue weighted by Gasteiger charge is -2.38. The van der Waals surface area contributed by atoms with Gasteiger partial charge >= 0.3 is 6.09 Å². The van der Waals surface area contributed by atoms with E-state index in [2.05, 4.69) is 20.3 Å². The van der Waals surface area contributed by atoms with E-state index in [1.54, 1.807) is 17.4 Å². The normalized spacial score (nSPS) is 23.0. The zero-order valence-corrected chi connectivity index (χ0v) is 24.3. The van der Waals surface area contributed by atoms with Crippen molar-refractivity contribution in [2.75, 3.05) is 44.7 Å². The topological polar surface area (TPSA) is 120 Å². The Morgan fingerprint density at radius 3 is 2.49 bits per heavy atom. The summed E-state index contributed by atoms with van der Waals surface area (Å²) in [4.78, 5) is 26.1. The van der Waals surface area contributed by atoms with E-state index in [0.29, 0.717) is 42.1 Å². The van der Waals surface area contributed by atoms with Gasteiger partial charge in [-0.1, -0.05) is 0 Å². The number of hydrogen-bond donors (Lipinski definition) is 1. The van der Waals surface area contributed by atoms with Crippen LogP contribution in [-0.4, -0.2) is 92.8 Å². The van der Waals surface area contributed by atoms with Crippen molar-refractivity contribution < 1.29 is 23.4 Å². The first-order valence-electron chi connectivity index (χ1n) is 14.8. The summed E-state index contributed by atoms with van der Waals surface area (Å²) in [5.74, 6) is 0.912. The van der Waals surface area contributed by atoms with Crippen LogP contribution < -0.4 is 10.1 Å². The molecule has 3 aromatic heterocycles. The van der Waals surface area contributed by atoms with Crippen LogP contribution in [-0.2, 0) is 9.47 Å². The molecule has 2 aliphatic heterocycles. The number of anilines is 2. The van der Waals surface area contributed by atoms with Crippen LogP contribution in [0, 0.1) is 0 Å². The monoisotopic (exact) mass is 567 g/mol. The third kappa shape index (κ3) is 6.75. The fourth-order valence-electron chi connectivity index (χ4n) is 5.97. The average Bonchev–Trinajstić information content (AvgIpc) is 3.63. The minimum absolute atomic E-state index is 0.0950. The van der Waals surface area contributed by atoms with Crippen LogP contribution in [0.2, 0.25) is 0 Å². The third-order valence-corrected chi connectivity index (χ3v) is 8.10. The van der Waals surface area contributed by atoms with Gasteiger partial charge in [-0.2, -0.15) is 10.1 Å². The van der Waals surface area contributed by atoms with Gasteiger partial charge in [-0.25, -0.2) is 9.78 Å². The van der Waals surface area contributed by atoms with Gasteiger partial charge in [0.2, 0.25) is 11.5 Å². The maximum atomic E-state index is 12.4. The first-order valence-corrected chi connectivity index (χ1v) is 14.8. The summed E-state index contributed by atoms with van der Waals surface area (Å²) in [6, 6.07) is 2.63. The van der Waals surface area contributed by atoms with Crippen molar-refractivity contribution >= 4 is 28.8 Å². The molecule has 5 heterocycles. The summed E-state index contributed by atoms with van der Waals surface area (Å²) < 4.78 is 25.1. The molecule has 0 unspecified atom stereocenters. The number of rotatable bonds is 6. The van der Waals surface area contributed by atoms with Crippen molar-refractivity contribution in [2.45, 2.75) is 83.1 Å². The maximum absolute atomic E-state index is 12.4. The van der Waals surface area contributed by atoms with E-state index < -0.39 is 5.60 Å². The highest BCUT2D eigenvalue weighted by atomic mass is 16.6. The van der Waals surface area contributed by atoms with Gasteiger partial charge in [-0.05, 0) is 59.3 Å². The number of ether oxygens (including phenoxy) is 3. The molecule has 0 radical (unpaired) electrons. The van der Waals surface area contributed by atoms with Crippen LogP contribution in [0.25, 0.3) is 11.1 Å². The summed E-state index contributed by atoms with van der Waals surface area (Å²) in [6.07, 6.45) is 11.0. The first-order chi connectivity index (χ1) is 19.8. The van der Waals surface area contributed by atoms with Crippen molar-refractivity contribution in [2.24, 2.45) is 0 Å². The zero-order chi connectivity index (χ0) is 28.4. The number of fused-ring (bicyclic) bond motifs is 1. The Bertz CT molecular complexity index is 1310. The number of piperidine rings is 1. The molecule has 0 atom stereocenters. The molecule has 1 N–H and O–H groups in total. The Balaban J connectivity index is 1.06. The van der Waals surface area contributed by atoms with Crippen LogP contribution in [0.5, 0.6) is 5.88 Å². The minimum Gasteiger partial charge on any atom is -0.472 e. The molecule has 1 aliphatic carbocycles. The SMILES string of the molecule is CC(C)(C)OC(=O)N1CCC(n2cc(Nc3nc(OC4CCC(N5CCOCC5)CC4)c4occc4n3)cn2)CC1. The molecule has 12 heteroatoms.